The molecule has 2 N–H and O–H groups in total. The first-order valence-electron chi connectivity index (χ1n) is 18.5. The third-order valence-corrected chi connectivity index (χ3v) is 17.2. The number of halogens is 2. The van der Waals surface area contributed by atoms with E-state index in [-0.39, 0.29) is 127 Å². The number of hydrogen-bond acceptors (Lipinski definition) is 13. The molecule has 2 aliphatic rings. The van der Waals surface area contributed by atoms with Crippen molar-refractivity contribution in [3.63, 3.8) is 0 Å². The molecule has 1 unspecified atom stereocenters. The van der Waals surface area contributed by atoms with Crippen LogP contribution in [0.15, 0.2) is 64.5 Å². The number of methoxy groups -OCH3 is 2. The summed E-state index contributed by atoms with van der Waals surface area (Å²) >= 11 is 13.5. The standard InChI is InChI=1S/C41H51Cl2NO12SSi.Cs/c1-23-10-12-27(13-11-23)57(49,50)55-38-29-15-14-28(36(43)35(29)30-19-26(54-22-51-6)20-41(30,38)48)34(56-58(8,9)40(3,4)5)21-53-39(47)32(44-24(2)45)17-25-16-31(42)37(46)33(18-25)52-7;/h10-16,18-19,26,32,34,38,46,48H,17,20-22H2,1-9H3,(H,44,45);/q;+1/p-1/t26-,32-,34?,38-,41+;/m0./s1. The van der Waals surface area contributed by atoms with E-state index in [1.807, 2.05) is 40.8 Å². The van der Waals surface area contributed by atoms with Crippen LogP contribution in [-0.4, -0.2) is 84.2 Å². The van der Waals surface area contributed by atoms with Gasteiger partial charge in [-0.15, -0.1) is 0 Å². The summed E-state index contributed by atoms with van der Waals surface area (Å²) in [5.41, 5.74) is 0.819. The van der Waals surface area contributed by atoms with Gasteiger partial charge in [-0.1, -0.05) is 73.8 Å². The zero-order chi connectivity index (χ0) is 43.0. The minimum atomic E-state index is -4.39. The van der Waals surface area contributed by atoms with E-state index in [2.05, 4.69) is 4.99 Å². The number of aromatic hydroxyl groups is 1. The Morgan fingerprint density at radius 1 is 1.10 bits per heavy atom. The normalized spacial score (nSPS) is 20.3. The van der Waals surface area contributed by atoms with Crippen LogP contribution in [0.4, 0.5) is 0 Å². The quantitative estimate of drug-likeness (QED) is 0.0527. The van der Waals surface area contributed by atoms with Crippen LogP contribution >= 0.6 is 23.2 Å². The van der Waals surface area contributed by atoms with Crippen LogP contribution < -0.4 is 78.7 Å². The number of aliphatic hydroxyl groups is 1. The predicted octanol–water partition coefficient (Wildman–Crippen LogP) is 3.98. The Labute approximate surface area is 416 Å². The summed E-state index contributed by atoms with van der Waals surface area (Å²) in [7, 11) is -4.22. The molecule has 18 heteroatoms. The number of carbonyl (C=O) groups excluding carboxylic acids is 1. The van der Waals surface area contributed by atoms with Crippen molar-refractivity contribution in [2.24, 2.45) is 4.99 Å². The molecule has 0 spiro atoms. The number of fused-ring (bicyclic) bond motifs is 3. The molecule has 0 aliphatic heterocycles. The SMILES string of the molecule is COCO[C@H]1C=C2c3c(ccc(C(COC(=O)[C@H](Cc4cc(Cl)c(O)c(OC)c4)N=C(C)[O-])O[Si](C)(C)C(C)(C)C)c3Cl)[C@H](OS(=O)(=O)c3ccc(C)cc3)[C@@]2(O)C1.[Cs+]. The Bertz CT molecular complexity index is 2190. The number of nitrogens with zero attached hydrogens (tertiary/aromatic N) is 1. The van der Waals surface area contributed by atoms with E-state index in [4.69, 9.17) is 50.8 Å². The molecule has 0 bridgehead atoms. The summed E-state index contributed by atoms with van der Waals surface area (Å²) < 4.78 is 62.2. The molecule has 0 heterocycles. The van der Waals surface area contributed by atoms with Gasteiger partial charge in [0, 0.05) is 31.1 Å². The molecule has 5 rings (SSSR count). The van der Waals surface area contributed by atoms with Crippen molar-refractivity contribution in [2.75, 3.05) is 27.6 Å². The van der Waals surface area contributed by atoms with Crippen molar-refractivity contribution in [1.82, 2.24) is 0 Å². The third-order valence-electron chi connectivity index (χ3n) is 10.8. The second-order valence-electron chi connectivity index (χ2n) is 16.0. The minimum absolute atomic E-state index is 0. The van der Waals surface area contributed by atoms with Gasteiger partial charge in [-0.2, -0.15) is 8.42 Å². The molecule has 13 nitrogen and oxygen atoms in total. The average molecular weight is 1010 g/mol. The van der Waals surface area contributed by atoms with Crippen molar-refractivity contribution >= 4 is 59.1 Å². The van der Waals surface area contributed by atoms with E-state index in [0.29, 0.717) is 27.8 Å². The molecule has 5 atom stereocenters. The van der Waals surface area contributed by atoms with Gasteiger partial charge in [-0.05, 0) is 84.9 Å². The first-order valence-corrected chi connectivity index (χ1v) is 23.6. The van der Waals surface area contributed by atoms with Crippen LogP contribution in [0, 0.1) is 6.92 Å². The van der Waals surface area contributed by atoms with Crippen molar-refractivity contribution in [2.45, 2.75) is 100 Å². The number of aliphatic imine (C=N–C) groups is 1. The van der Waals surface area contributed by atoms with Gasteiger partial charge in [0.05, 0.1) is 28.2 Å². The summed E-state index contributed by atoms with van der Waals surface area (Å²) in [6.45, 7) is 12.8. The van der Waals surface area contributed by atoms with E-state index < -0.39 is 60.3 Å². The van der Waals surface area contributed by atoms with Crippen molar-refractivity contribution < 1.29 is 125 Å². The largest absolute Gasteiger partial charge is 1.00 e. The molecule has 316 valence electrons. The van der Waals surface area contributed by atoms with E-state index in [9.17, 15) is 28.5 Å². The Balaban J connectivity index is 0.00000769. The summed E-state index contributed by atoms with van der Waals surface area (Å²) in [4.78, 5) is 17.7. The number of aryl methyl sites for hydroxylation is 1. The van der Waals surface area contributed by atoms with Crippen molar-refractivity contribution in [1.29, 1.82) is 0 Å². The van der Waals surface area contributed by atoms with Gasteiger partial charge in [0.25, 0.3) is 10.1 Å². The maximum atomic E-state index is 13.8. The van der Waals surface area contributed by atoms with Crippen LogP contribution in [0.2, 0.25) is 28.2 Å². The van der Waals surface area contributed by atoms with E-state index in [1.54, 1.807) is 30.3 Å². The topological polar surface area (TPSA) is 182 Å². The van der Waals surface area contributed by atoms with Gasteiger partial charge >= 0.3 is 74.9 Å². The maximum absolute atomic E-state index is 13.8. The molecule has 3 aromatic carbocycles. The molecule has 0 aromatic heterocycles. The van der Waals surface area contributed by atoms with Crippen LogP contribution in [0.3, 0.4) is 0 Å². The van der Waals surface area contributed by atoms with Crippen LogP contribution in [0.25, 0.3) is 5.57 Å². The predicted molar refractivity (Wildman–Crippen MR) is 220 cm³/mol. The fourth-order valence-corrected chi connectivity index (χ4v) is 9.72. The summed E-state index contributed by atoms with van der Waals surface area (Å²) in [6, 6.07) is 11.1. The number of carbonyl (C=O) groups is 1. The third kappa shape index (κ3) is 11.2. The zero-order valence-corrected chi connectivity index (χ0v) is 44.5. The van der Waals surface area contributed by atoms with Gasteiger partial charge in [0.1, 0.15) is 37.3 Å². The number of phenols is 1. The van der Waals surface area contributed by atoms with Crippen LogP contribution in [-0.2, 0) is 44.2 Å². The number of esters is 1. The number of phenolic OH excluding ortho intramolecular Hbond substituents is 1. The molecule has 0 saturated carbocycles. The zero-order valence-electron chi connectivity index (χ0n) is 34.9. The van der Waals surface area contributed by atoms with Gasteiger partial charge in [0.15, 0.2) is 19.8 Å². The Hall–Kier alpha value is -1.46. The molecular formula is C41H50Cl2CsNO12SSi. The number of rotatable bonds is 16. The van der Waals surface area contributed by atoms with Crippen molar-refractivity contribution in [3.05, 3.63) is 92.5 Å². The average Bonchev–Trinajstić information content (AvgIpc) is 3.58. The van der Waals surface area contributed by atoms with E-state index >= 15 is 0 Å². The fraction of sp³-hybridized carbons (Fsp3) is 0.463. The summed E-state index contributed by atoms with van der Waals surface area (Å²) in [5.74, 6) is -1.64. The van der Waals surface area contributed by atoms with Crippen LogP contribution in [0.1, 0.15) is 74.1 Å². The van der Waals surface area contributed by atoms with Gasteiger partial charge in [0.2, 0.25) is 0 Å². The second-order valence-corrected chi connectivity index (χ2v) is 23.1. The monoisotopic (exact) mass is 1010 g/mol. The van der Waals surface area contributed by atoms with Crippen LogP contribution in [0.5, 0.6) is 11.5 Å². The molecule has 0 amide bonds. The molecule has 0 saturated heterocycles. The minimum Gasteiger partial charge on any atom is -0.862 e. The van der Waals surface area contributed by atoms with E-state index in [0.717, 1.165) is 5.56 Å². The summed E-state index contributed by atoms with van der Waals surface area (Å²) in [5, 5.41) is 34.6. The summed E-state index contributed by atoms with van der Waals surface area (Å²) in [6.07, 6.45) is -1.52. The second kappa shape index (κ2) is 19.9. The molecular weight excluding hydrogens is 962 g/mol. The number of benzene rings is 3. The number of hydrogen-bond donors (Lipinski definition) is 2. The van der Waals surface area contributed by atoms with Gasteiger partial charge < -0.3 is 38.7 Å². The number of ether oxygens (including phenoxy) is 4. The Morgan fingerprint density at radius 2 is 1.76 bits per heavy atom. The fourth-order valence-electron chi connectivity index (χ4n) is 6.74. The van der Waals surface area contributed by atoms with Gasteiger partial charge in [-0.3, -0.25) is 9.18 Å². The molecule has 3 aromatic rings. The smallest absolute Gasteiger partial charge is 0.862 e. The first kappa shape index (κ1) is 50.2. The molecule has 0 fully saturated rings. The Morgan fingerprint density at radius 3 is 2.36 bits per heavy atom. The molecule has 2 aliphatic carbocycles. The van der Waals surface area contributed by atoms with Crippen molar-refractivity contribution in [3.8, 4) is 11.5 Å². The van der Waals surface area contributed by atoms with E-state index in [1.165, 1.54) is 45.4 Å². The maximum Gasteiger partial charge on any atom is 1.00 e. The van der Waals surface area contributed by atoms with Gasteiger partial charge in [-0.25, -0.2) is 4.79 Å². The molecule has 0 radical (unpaired) electrons. The Kier molecular flexibility index (Phi) is 17.0. The first-order chi connectivity index (χ1) is 27.0. The molecule has 59 heavy (non-hydrogen) atoms.